The summed E-state index contributed by atoms with van der Waals surface area (Å²) in [5, 5.41) is 7.46. The predicted molar refractivity (Wildman–Crippen MR) is 150 cm³/mol. The molecule has 0 saturated heterocycles. The van der Waals surface area contributed by atoms with Gasteiger partial charge in [-0.1, -0.05) is 56.3 Å². The molecule has 2 amide bonds. The van der Waals surface area contributed by atoms with Gasteiger partial charge in [0.2, 0.25) is 11.8 Å². The summed E-state index contributed by atoms with van der Waals surface area (Å²) >= 11 is 1.40. The molecule has 0 bridgehead atoms. The second kappa shape index (κ2) is 11.4. The lowest BCUT2D eigenvalue weighted by atomic mass is 9.99. The summed E-state index contributed by atoms with van der Waals surface area (Å²) < 4.78 is 29.3. The number of hydrogen-bond acceptors (Lipinski definition) is 4. The van der Waals surface area contributed by atoms with Crippen molar-refractivity contribution in [1.82, 2.24) is 15.1 Å². The lowest BCUT2D eigenvalue weighted by Crippen LogP contribution is -2.43. The van der Waals surface area contributed by atoms with Crippen molar-refractivity contribution in [3.8, 4) is 16.9 Å². The Morgan fingerprint density at radius 3 is 2.28 bits per heavy atom. The Hall–Kier alpha value is -3.98. The fourth-order valence-corrected chi connectivity index (χ4v) is 5.71. The van der Waals surface area contributed by atoms with Crippen molar-refractivity contribution in [2.45, 2.75) is 19.1 Å². The van der Waals surface area contributed by atoms with Crippen molar-refractivity contribution in [3.63, 3.8) is 0 Å². The molecule has 1 unspecified atom stereocenters. The number of aromatic nitrogens is 2. The van der Waals surface area contributed by atoms with E-state index in [9.17, 15) is 18.4 Å². The highest BCUT2D eigenvalue weighted by molar-refractivity contribution is 8.00. The highest BCUT2D eigenvalue weighted by atomic mass is 32.2. The minimum absolute atomic E-state index is 0.103. The molecule has 200 valence electrons. The Bertz CT molecular complexity index is 1470. The van der Waals surface area contributed by atoms with E-state index < -0.39 is 5.82 Å². The van der Waals surface area contributed by atoms with E-state index >= 15 is 0 Å². The second-order valence-corrected chi connectivity index (χ2v) is 10.9. The molecule has 0 radical (unpaired) electrons. The standard InChI is InChI=1S/C30H28F2N4O2S/c1-19(2)16-33-25(37)17-35-26(38)18-39-29(21-8-10-22(31)11-9-21)27-28(20-6-4-3-5-7-20)34-36(30(27)35)24-14-12-23(32)13-15-24/h3-15,19,29H,16-18H2,1-2H3,(H,33,37). The van der Waals surface area contributed by atoms with Gasteiger partial charge in [0, 0.05) is 17.7 Å². The first-order valence-electron chi connectivity index (χ1n) is 12.7. The largest absolute Gasteiger partial charge is 0.354 e. The van der Waals surface area contributed by atoms with Crippen molar-refractivity contribution in [1.29, 1.82) is 0 Å². The number of halogens is 2. The molecule has 1 aliphatic rings. The van der Waals surface area contributed by atoms with Crippen LogP contribution in [-0.2, 0) is 9.59 Å². The number of rotatable bonds is 7. The topological polar surface area (TPSA) is 67.2 Å². The maximum atomic E-state index is 13.9. The SMILES string of the molecule is CC(C)CNC(=O)CN1C(=O)CSC(c2ccc(F)cc2)c2c(-c3ccccc3)nn(-c3ccc(F)cc3)c21. The molecule has 1 atom stereocenters. The highest BCUT2D eigenvalue weighted by Gasteiger charge is 2.37. The van der Waals surface area contributed by atoms with Crippen molar-refractivity contribution >= 4 is 29.4 Å². The van der Waals surface area contributed by atoms with E-state index in [1.165, 1.54) is 40.9 Å². The van der Waals surface area contributed by atoms with Crippen LogP contribution >= 0.6 is 11.8 Å². The van der Waals surface area contributed by atoms with Crippen LogP contribution in [0.2, 0.25) is 0 Å². The lowest BCUT2D eigenvalue weighted by Gasteiger charge is -2.23. The van der Waals surface area contributed by atoms with Gasteiger partial charge in [-0.2, -0.15) is 5.10 Å². The van der Waals surface area contributed by atoms with E-state index in [1.54, 1.807) is 28.9 Å². The van der Waals surface area contributed by atoms with Crippen LogP contribution < -0.4 is 10.2 Å². The molecule has 9 heteroatoms. The molecule has 0 saturated carbocycles. The van der Waals surface area contributed by atoms with E-state index in [0.29, 0.717) is 23.7 Å². The summed E-state index contributed by atoms with van der Waals surface area (Å²) in [5.74, 6) is -0.522. The summed E-state index contributed by atoms with van der Waals surface area (Å²) in [4.78, 5) is 28.1. The Kier molecular flexibility index (Phi) is 7.79. The number of nitrogens with zero attached hydrogens (tertiary/aromatic N) is 3. The van der Waals surface area contributed by atoms with Gasteiger partial charge in [0.1, 0.15) is 24.0 Å². The molecule has 1 N–H and O–H groups in total. The van der Waals surface area contributed by atoms with Crippen molar-refractivity contribution < 1.29 is 18.4 Å². The van der Waals surface area contributed by atoms with Crippen molar-refractivity contribution in [2.75, 3.05) is 23.7 Å². The number of benzene rings is 3. The monoisotopic (exact) mass is 546 g/mol. The van der Waals surface area contributed by atoms with Crippen LogP contribution in [0.15, 0.2) is 78.9 Å². The molecule has 0 aliphatic carbocycles. The summed E-state index contributed by atoms with van der Waals surface area (Å²) in [6.45, 7) is 4.27. The van der Waals surface area contributed by atoms with E-state index in [2.05, 4.69) is 5.32 Å². The molecule has 5 rings (SSSR count). The lowest BCUT2D eigenvalue weighted by molar-refractivity contribution is -0.123. The van der Waals surface area contributed by atoms with Gasteiger partial charge in [0.15, 0.2) is 0 Å². The van der Waals surface area contributed by atoms with Gasteiger partial charge >= 0.3 is 0 Å². The maximum Gasteiger partial charge on any atom is 0.240 e. The molecule has 6 nitrogen and oxygen atoms in total. The molecule has 3 aromatic carbocycles. The second-order valence-electron chi connectivity index (χ2n) is 9.76. The number of nitrogens with one attached hydrogen (secondary N) is 1. The Morgan fingerprint density at radius 2 is 1.64 bits per heavy atom. The quantitative estimate of drug-likeness (QED) is 0.320. The number of hydrogen-bond donors (Lipinski definition) is 1. The van der Waals surface area contributed by atoms with Crippen LogP contribution in [-0.4, -0.2) is 40.4 Å². The van der Waals surface area contributed by atoms with Gasteiger partial charge in [-0.25, -0.2) is 13.5 Å². The summed E-state index contributed by atoms with van der Waals surface area (Å²) in [7, 11) is 0. The average molecular weight is 547 g/mol. The van der Waals surface area contributed by atoms with Crippen LogP contribution in [0.4, 0.5) is 14.6 Å². The first kappa shape index (κ1) is 26.6. The van der Waals surface area contributed by atoms with Crippen molar-refractivity contribution in [3.05, 3.63) is 102 Å². The molecule has 0 fully saturated rings. The highest BCUT2D eigenvalue weighted by Crippen LogP contribution is 2.48. The molecule has 4 aromatic rings. The van der Waals surface area contributed by atoms with E-state index in [0.717, 1.165) is 16.7 Å². The zero-order valence-corrected chi connectivity index (χ0v) is 22.4. The van der Waals surface area contributed by atoms with Gasteiger partial charge in [0.25, 0.3) is 0 Å². The van der Waals surface area contributed by atoms with Gasteiger partial charge < -0.3 is 5.32 Å². The summed E-state index contributed by atoms with van der Waals surface area (Å²) in [6, 6.07) is 21.6. The first-order valence-corrected chi connectivity index (χ1v) is 13.7. The maximum absolute atomic E-state index is 13.9. The van der Waals surface area contributed by atoms with Crippen LogP contribution in [0.1, 0.15) is 30.2 Å². The third-order valence-corrected chi connectivity index (χ3v) is 7.64. The Labute approximate surface area is 230 Å². The minimum Gasteiger partial charge on any atom is -0.354 e. The van der Waals surface area contributed by atoms with Crippen LogP contribution in [0.5, 0.6) is 0 Å². The number of anilines is 1. The van der Waals surface area contributed by atoms with Crippen LogP contribution in [0.3, 0.4) is 0 Å². The molecule has 39 heavy (non-hydrogen) atoms. The number of amides is 2. The third kappa shape index (κ3) is 5.73. The normalized spacial score (nSPS) is 15.3. The third-order valence-electron chi connectivity index (χ3n) is 6.39. The van der Waals surface area contributed by atoms with Gasteiger partial charge in [0.05, 0.1) is 22.4 Å². The van der Waals surface area contributed by atoms with E-state index in [-0.39, 0.29) is 41.1 Å². The summed E-state index contributed by atoms with van der Waals surface area (Å²) in [5.41, 5.74) is 3.52. The van der Waals surface area contributed by atoms with E-state index in [1.807, 2.05) is 44.2 Å². The molecule has 1 aromatic heterocycles. The predicted octanol–water partition coefficient (Wildman–Crippen LogP) is 5.76. The number of carbonyl (C=O) groups excluding carboxylic acids is 2. The molecule has 2 heterocycles. The van der Waals surface area contributed by atoms with E-state index in [4.69, 9.17) is 5.10 Å². The smallest absolute Gasteiger partial charge is 0.240 e. The van der Waals surface area contributed by atoms with Crippen LogP contribution in [0.25, 0.3) is 16.9 Å². The minimum atomic E-state index is -0.402. The fourth-order valence-electron chi connectivity index (χ4n) is 4.51. The van der Waals surface area contributed by atoms with Gasteiger partial charge in [-0.3, -0.25) is 14.5 Å². The summed E-state index contributed by atoms with van der Waals surface area (Å²) in [6.07, 6.45) is 0. The Balaban J connectivity index is 1.75. The molecule has 0 spiro atoms. The molecular weight excluding hydrogens is 518 g/mol. The van der Waals surface area contributed by atoms with Crippen molar-refractivity contribution in [2.24, 2.45) is 5.92 Å². The first-order chi connectivity index (χ1) is 18.8. The molecule has 1 aliphatic heterocycles. The zero-order valence-electron chi connectivity index (χ0n) is 21.6. The number of fused-ring (bicyclic) bond motifs is 1. The van der Waals surface area contributed by atoms with Gasteiger partial charge in [-0.05, 0) is 47.9 Å². The Morgan fingerprint density at radius 1 is 1.00 bits per heavy atom. The number of carbonyl (C=O) groups is 2. The molecular formula is C30H28F2N4O2S. The van der Waals surface area contributed by atoms with Crippen LogP contribution in [0, 0.1) is 17.6 Å². The number of thioether (sulfide) groups is 1. The average Bonchev–Trinajstić information content (AvgIpc) is 3.26. The van der Waals surface area contributed by atoms with Gasteiger partial charge in [-0.15, -0.1) is 11.8 Å². The zero-order chi connectivity index (χ0) is 27.5. The fraction of sp³-hybridized carbons (Fsp3) is 0.233.